The minimum atomic E-state index is 0.243. The minimum Gasteiger partial charge on any atom is -0.371 e. The Bertz CT molecular complexity index is 390. The number of hydrogen-bond donors (Lipinski definition) is 1. The average Bonchev–Trinajstić information content (AvgIpc) is 2.29. The van der Waals surface area contributed by atoms with E-state index < -0.39 is 0 Å². The summed E-state index contributed by atoms with van der Waals surface area (Å²) in [5.74, 6) is 0. The van der Waals surface area contributed by atoms with E-state index in [0.29, 0.717) is 0 Å². The van der Waals surface area contributed by atoms with Crippen LogP contribution in [0.4, 0.5) is 5.69 Å². The van der Waals surface area contributed by atoms with Crippen LogP contribution in [0.2, 0.25) is 0 Å². The van der Waals surface area contributed by atoms with Crippen molar-refractivity contribution in [3.63, 3.8) is 0 Å². The van der Waals surface area contributed by atoms with Crippen molar-refractivity contribution in [3.8, 4) is 0 Å². The summed E-state index contributed by atoms with van der Waals surface area (Å²) in [6.45, 7) is 6.74. The summed E-state index contributed by atoms with van der Waals surface area (Å²) in [4.78, 5) is 2.57. The highest BCUT2D eigenvalue weighted by atomic mass is 15.1. The van der Waals surface area contributed by atoms with Crippen molar-refractivity contribution >= 4 is 5.69 Å². The summed E-state index contributed by atoms with van der Waals surface area (Å²) in [7, 11) is 0. The normalized spacial score (nSPS) is 18.8. The van der Waals surface area contributed by atoms with Crippen LogP contribution in [0.5, 0.6) is 0 Å². The molecule has 1 saturated heterocycles. The van der Waals surface area contributed by atoms with Crippen molar-refractivity contribution in [1.29, 1.82) is 0 Å². The lowest BCUT2D eigenvalue weighted by Gasteiger charge is -2.28. The predicted octanol–water partition coefficient (Wildman–Crippen LogP) is 3.66. The van der Waals surface area contributed by atoms with Gasteiger partial charge in [0.1, 0.15) is 0 Å². The molecule has 0 saturated carbocycles. The van der Waals surface area contributed by atoms with Gasteiger partial charge >= 0.3 is 0 Å². The summed E-state index contributed by atoms with van der Waals surface area (Å²) in [6, 6.07) is 7.11. The number of anilines is 1. The zero-order chi connectivity index (χ0) is 13.7. The first-order chi connectivity index (χ1) is 9.16. The van der Waals surface area contributed by atoms with Crippen molar-refractivity contribution in [3.05, 3.63) is 29.3 Å². The number of nitrogens with zero attached hydrogens (tertiary/aromatic N) is 1. The molecule has 1 fully saturated rings. The zero-order valence-corrected chi connectivity index (χ0v) is 12.5. The summed E-state index contributed by atoms with van der Waals surface area (Å²) < 4.78 is 0. The van der Waals surface area contributed by atoms with Crippen molar-refractivity contribution in [2.24, 2.45) is 5.73 Å². The third kappa shape index (κ3) is 4.24. The number of nitrogens with two attached hydrogens (primary N) is 1. The molecule has 1 aromatic rings. The summed E-state index contributed by atoms with van der Waals surface area (Å²) in [5, 5.41) is 0. The van der Waals surface area contributed by atoms with Gasteiger partial charge in [0.2, 0.25) is 0 Å². The van der Waals surface area contributed by atoms with E-state index in [9.17, 15) is 0 Å². The number of aryl methyl sites for hydroxylation is 1. The van der Waals surface area contributed by atoms with E-state index in [0.717, 1.165) is 6.42 Å². The molecule has 1 aromatic carbocycles. The van der Waals surface area contributed by atoms with Gasteiger partial charge in [0, 0.05) is 24.8 Å². The van der Waals surface area contributed by atoms with Gasteiger partial charge in [-0.3, -0.25) is 0 Å². The van der Waals surface area contributed by atoms with E-state index in [1.54, 1.807) is 0 Å². The van der Waals surface area contributed by atoms with E-state index in [1.807, 2.05) is 0 Å². The second-order valence-electron chi connectivity index (χ2n) is 6.06. The van der Waals surface area contributed by atoms with E-state index in [-0.39, 0.29) is 6.04 Å². The third-order valence-corrected chi connectivity index (χ3v) is 4.02. The standard InChI is InChI=1S/C17H28N2/c1-14-12-16(13-15(2)18)8-9-17(14)19-10-6-4-3-5-7-11-19/h8-9,12,15H,3-7,10-11,13,18H2,1-2H3. The van der Waals surface area contributed by atoms with Crippen LogP contribution in [0.25, 0.3) is 0 Å². The summed E-state index contributed by atoms with van der Waals surface area (Å²) >= 11 is 0. The Morgan fingerprint density at radius 2 is 1.74 bits per heavy atom. The Labute approximate surface area is 118 Å². The maximum atomic E-state index is 5.88. The molecule has 1 unspecified atom stereocenters. The first-order valence-corrected chi connectivity index (χ1v) is 7.77. The molecule has 0 bridgehead atoms. The van der Waals surface area contributed by atoms with Gasteiger partial charge in [-0.25, -0.2) is 0 Å². The Hall–Kier alpha value is -1.02. The first kappa shape index (κ1) is 14.4. The van der Waals surface area contributed by atoms with Gasteiger partial charge < -0.3 is 10.6 Å². The number of benzene rings is 1. The van der Waals surface area contributed by atoms with Gasteiger partial charge in [0.05, 0.1) is 0 Å². The van der Waals surface area contributed by atoms with Crippen LogP contribution >= 0.6 is 0 Å². The fourth-order valence-electron chi connectivity index (χ4n) is 3.06. The van der Waals surface area contributed by atoms with Crippen LogP contribution in [0.1, 0.15) is 50.2 Å². The summed E-state index contributed by atoms with van der Waals surface area (Å²) in [6.07, 6.45) is 7.83. The highest BCUT2D eigenvalue weighted by Crippen LogP contribution is 2.24. The van der Waals surface area contributed by atoms with Gasteiger partial charge in [0.25, 0.3) is 0 Å². The fourth-order valence-corrected chi connectivity index (χ4v) is 3.06. The Kier molecular flexibility index (Phi) is 5.26. The van der Waals surface area contributed by atoms with E-state index in [4.69, 9.17) is 5.73 Å². The first-order valence-electron chi connectivity index (χ1n) is 7.77. The molecule has 0 radical (unpaired) electrons. The molecule has 0 spiro atoms. The highest BCUT2D eigenvalue weighted by Gasteiger charge is 2.11. The maximum Gasteiger partial charge on any atom is 0.0396 e. The van der Waals surface area contributed by atoms with Gasteiger partial charge in [-0.1, -0.05) is 31.4 Å². The molecule has 0 aliphatic carbocycles. The van der Waals surface area contributed by atoms with E-state index in [1.165, 1.54) is 62.0 Å². The fraction of sp³-hybridized carbons (Fsp3) is 0.647. The van der Waals surface area contributed by atoms with Crippen LogP contribution in [0, 0.1) is 6.92 Å². The lowest BCUT2D eigenvalue weighted by molar-refractivity contribution is 0.556. The van der Waals surface area contributed by atoms with Crippen molar-refractivity contribution < 1.29 is 0 Å². The van der Waals surface area contributed by atoms with Crippen molar-refractivity contribution in [1.82, 2.24) is 0 Å². The van der Waals surface area contributed by atoms with Crippen molar-refractivity contribution in [2.45, 2.75) is 58.4 Å². The van der Waals surface area contributed by atoms with Crippen LogP contribution in [-0.2, 0) is 6.42 Å². The molecule has 19 heavy (non-hydrogen) atoms. The molecular weight excluding hydrogens is 232 g/mol. The SMILES string of the molecule is Cc1cc(CC(C)N)ccc1N1CCCCCCC1. The third-order valence-electron chi connectivity index (χ3n) is 4.02. The molecule has 2 nitrogen and oxygen atoms in total. The largest absolute Gasteiger partial charge is 0.371 e. The number of rotatable bonds is 3. The minimum absolute atomic E-state index is 0.243. The average molecular weight is 260 g/mol. The van der Waals surface area contributed by atoms with Crippen molar-refractivity contribution in [2.75, 3.05) is 18.0 Å². The molecule has 0 amide bonds. The van der Waals surface area contributed by atoms with Crippen LogP contribution in [0.15, 0.2) is 18.2 Å². The predicted molar refractivity (Wildman–Crippen MR) is 83.8 cm³/mol. The second-order valence-corrected chi connectivity index (χ2v) is 6.06. The van der Waals surface area contributed by atoms with E-state index >= 15 is 0 Å². The molecule has 1 heterocycles. The van der Waals surface area contributed by atoms with Gasteiger partial charge in [0.15, 0.2) is 0 Å². The zero-order valence-electron chi connectivity index (χ0n) is 12.5. The molecule has 2 rings (SSSR count). The van der Waals surface area contributed by atoms with Crippen LogP contribution in [0.3, 0.4) is 0 Å². The molecule has 2 heteroatoms. The molecular formula is C17H28N2. The van der Waals surface area contributed by atoms with Crippen LogP contribution < -0.4 is 10.6 Å². The molecule has 106 valence electrons. The molecule has 2 N–H and O–H groups in total. The van der Waals surface area contributed by atoms with E-state index in [2.05, 4.69) is 36.9 Å². The Morgan fingerprint density at radius 1 is 1.11 bits per heavy atom. The molecule has 1 aliphatic heterocycles. The number of hydrogen-bond acceptors (Lipinski definition) is 2. The lowest BCUT2D eigenvalue weighted by Crippen LogP contribution is -2.27. The second kappa shape index (κ2) is 6.95. The molecule has 1 aliphatic rings. The van der Waals surface area contributed by atoms with Crippen LogP contribution in [-0.4, -0.2) is 19.1 Å². The van der Waals surface area contributed by atoms with Gasteiger partial charge in [-0.05, 0) is 50.3 Å². The summed E-state index contributed by atoms with van der Waals surface area (Å²) in [5.41, 5.74) is 10.1. The maximum absolute atomic E-state index is 5.88. The quantitative estimate of drug-likeness (QED) is 0.898. The highest BCUT2D eigenvalue weighted by molar-refractivity contribution is 5.54. The Morgan fingerprint density at radius 3 is 2.32 bits per heavy atom. The van der Waals surface area contributed by atoms with Gasteiger partial charge in [-0.2, -0.15) is 0 Å². The smallest absolute Gasteiger partial charge is 0.0396 e. The monoisotopic (exact) mass is 260 g/mol. The Balaban J connectivity index is 2.10. The molecule has 1 atom stereocenters. The van der Waals surface area contributed by atoms with Gasteiger partial charge in [-0.15, -0.1) is 0 Å². The molecule has 0 aromatic heterocycles. The topological polar surface area (TPSA) is 29.3 Å². The lowest BCUT2D eigenvalue weighted by atomic mass is 10.0.